The van der Waals surface area contributed by atoms with Crippen LogP contribution >= 0.6 is 17.1 Å². The molecule has 0 aliphatic heterocycles. The molecule has 0 spiro atoms. The van der Waals surface area contributed by atoms with Gasteiger partial charge in [-0.3, -0.25) is 0 Å². The molecule has 0 aliphatic rings. The van der Waals surface area contributed by atoms with Crippen molar-refractivity contribution in [3.8, 4) is 0 Å². The fraction of sp³-hybridized carbons (Fsp3) is 1.00. The fourth-order valence-electron chi connectivity index (χ4n) is 1.09. The van der Waals surface area contributed by atoms with Crippen molar-refractivity contribution in [2.24, 2.45) is 0 Å². The summed E-state index contributed by atoms with van der Waals surface area (Å²) in [6.45, 7) is 9.58. The number of rotatable bonds is 8. The minimum Gasteiger partial charge on any atom is -0.322 e. The first-order valence-corrected chi connectivity index (χ1v) is 9.27. The SMILES string of the molecule is CCCC(C)SP(=S)(OCC)OCC. The van der Waals surface area contributed by atoms with Crippen molar-refractivity contribution in [1.82, 2.24) is 0 Å². The Kier molecular flexibility index (Phi) is 8.65. The summed E-state index contributed by atoms with van der Waals surface area (Å²) in [5.41, 5.74) is -2.06. The Morgan fingerprint density at radius 3 is 2.07 bits per heavy atom. The van der Waals surface area contributed by atoms with Gasteiger partial charge in [0.1, 0.15) is 0 Å². The highest BCUT2D eigenvalue weighted by atomic mass is 32.9. The average molecular weight is 256 g/mol. The van der Waals surface area contributed by atoms with E-state index in [-0.39, 0.29) is 0 Å². The van der Waals surface area contributed by atoms with E-state index in [1.54, 1.807) is 11.4 Å². The molecule has 0 saturated heterocycles. The van der Waals surface area contributed by atoms with E-state index in [0.29, 0.717) is 18.5 Å². The summed E-state index contributed by atoms with van der Waals surface area (Å²) < 4.78 is 11.1. The van der Waals surface area contributed by atoms with Crippen LogP contribution < -0.4 is 0 Å². The second-order valence-electron chi connectivity index (χ2n) is 2.99. The van der Waals surface area contributed by atoms with Crippen LogP contribution in [0.3, 0.4) is 0 Å². The summed E-state index contributed by atoms with van der Waals surface area (Å²) in [5, 5.41) is 0.531. The number of hydrogen-bond acceptors (Lipinski definition) is 4. The Labute approximate surface area is 97.1 Å². The van der Waals surface area contributed by atoms with Gasteiger partial charge in [0.05, 0.1) is 13.2 Å². The van der Waals surface area contributed by atoms with E-state index < -0.39 is 5.69 Å². The van der Waals surface area contributed by atoms with E-state index in [2.05, 4.69) is 13.8 Å². The van der Waals surface area contributed by atoms with Gasteiger partial charge in [-0.2, -0.15) is 0 Å². The van der Waals surface area contributed by atoms with Gasteiger partial charge in [-0.05, 0) is 32.1 Å². The highest BCUT2D eigenvalue weighted by molar-refractivity contribution is 8.68. The van der Waals surface area contributed by atoms with Gasteiger partial charge in [0.25, 0.3) is 0 Å². The molecule has 1 atom stereocenters. The molecule has 86 valence electrons. The molecule has 14 heavy (non-hydrogen) atoms. The Balaban J connectivity index is 4.13. The zero-order chi connectivity index (χ0) is 11.0. The molecule has 0 rings (SSSR count). The van der Waals surface area contributed by atoms with Crippen molar-refractivity contribution in [3.63, 3.8) is 0 Å². The third-order valence-electron chi connectivity index (χ3n) is 1.58. The molecule has 0 saturated carbocycles. The average Bonchev–Trinajstić information content (AvgIpc) is 2.04. The third-order valence-corrected chi connectivity index (χ3v) is 7.48. The van der Waals surface area contributed by atoms with Crippen molar-refractivity contribution in [2.75, 3.05) is 13.2 Å². The molecule has 0 N–H and O–H groups in total. The van der Waals surface area contributed by atoms with Crippen LogP contribution in [0.2, 0.25) is 0 Å². The molecule has 0 radical (unpaired) electrons. The first-order chi connectivity index (χ1) is 6.58. The molecule has 0 aromatic carbocycles. The van der Waals surface area contributed by atoms with Crippen molar-refractivity contribution in [1.29, 1.82) is 0 Å². The van der Waals surface area contributed by atoms with E-state index in [0.717, 1.165) is 0 Å². The largest absolute Gasteiger partial charge is 0.322 e. The van der Waals surface area contributed by atoms with Crippen molar-refractivity contribution >= 4 is 28.9 Å². The normalized spacial score (nSPS) is 14.3. The molecular weight excluding hydrogens is 235 g/mol. The summed E-state index contributed by atoms with van der Waals surface area (Å²) in [5.74, 6) is 0. The molecule has 2 nitrogen and oxygen atoms in total. The van der Waals surface area contributed by atoms with Crippen LogP contribution in [-0.2, 0) is 20.9 Å². The smallest absolute Gasteiger partial charge is 0.247 e. The van der Waals surface area contributed by atoms with Crippen LogP contribution in [0, 0.1) is 0 Å². The summed E-state index contributed by atoms with van der Waals surface area (Å²) in [7, 11) is 0. The maximum absolute atomic E-state index is 5.55. The lowest BCUT2D eigenvalue weighted by Gasteiger charge is -2.23. The van der Waals surface area contributed by atoms with Gasteiger partial charge in [-0.1, -0.05) is 31.7 Å². The lowest BCUT2D eigenvalue weighted by Crippen LogP contribution is -1.99. The molecular formula is C9H21O2PS2. The minimum atomic E-state index is -2.06. The first-order valence-electron chi connectivity index (χ1n) is 5.15. The van der Waals surface area contributed by atoms with Gasteiger partial charge in [-0.25, -0.2) is 0 Å². The van der Waals surface area contributed by atoms with Gasteiger partial charge >= 0.3 is 0 Å². The summed E-state index contributed by atoms with van der Waals surface area (Å²) in [6, 6.07) is 0. The zero-order valence-corrected chi connectivity index (χ0v) is 12.0. The van der Waals surface area contributed by atoms with Crippen LogP contribution in [0.25, 0.3) is 0 Å². The summed E-state index contributed by atoms with van der Waals surface area (Å²) in [6.07, 6.45) is 2.35. The van der Waals surface area contributed by atoms with Crippen molar-refractivity contribution < 1.29 is 9.05 Å². The molecule has 0 heterocycles. The third kappa shape index (κ3) is 6.41. The predicted octanol–water partition coefficient (Wildman–Crippen LogP) is 4.21. The lowest BCUT2D eigenvalue weighted by molar-refractivity contribution is 0.280. The highest BCUT2D eigenvalue weighted by Gasteiger charge is 2.21. The monoisotopic (exact) mass is 256 g/mol. The lowest BCUT2D eigenvalue weighted by atomic mass is 10.3. The van der Waals surface area contributed by atoms with Crippen molar-refractivity contribution in [2.45, 2.75) is 45.8 Å². The van der Waals surface area contributed by atoms with E-state index in [9.17, 15) is 0 Å². The van der Waals surface area contributed by atoms with E-state index in [4.69, 9.17) is 20.9 Å². The van der Waals surface area contributed by atoms with E-state index in [1.807, 2.05) is 13.8 Å². The van der Waals surface area contributed by atoms with Crippen LogP contribution in [0.15, 0.2) is 0 Å². The second-order valence-corrected chi connectivity index (χ2v) is 9.62. The van der Waals surface area contributed by atoms with Gasteiger partial charge in [0.2, 0.25) is 5.69 Å². The van der Waals surface area contributed by atoms with Crippen molar-refractivity contribution in [3.05, 3.63) is 0 Å². The van der Waals surface area contributed by atoms with E-state index >= 15 is 0 Å². The molecule has 0 fully saturated rings. The van der Waals surface area contributed by atoms with Crippen LogP contribution in [0.1, 0.15) is 40.5 Å². The van der Waals surface area contributed by atoms with Crippen LogP contribution in [0.5, 0.6) is 0 Å². The minimum absolute atomic E-state index is 0.531. The molecule has 5 heteroatoms. The molecule has 0 amide bonds. The maximum atomic E-state index is 5.55. The first kappa shape index (κ1) is 14.9. The quantitative estimate of drug-likeness (QED) is 0.605. The zero-order valence-electron chi connectivity index (χ0n) is 9.49. The van der Waals surface area contributed by atoms with Gasteiger partial charge < -0.3 is 9.05 Å². The second kappa shape index (κ2) is 8.12. The Bertz CT molecular complexity index is 178. The molecule has 0 bridgehead atoms. The standard InChI is InChI=1S/C9H21O2PS2/c1-5-8-9(4)14-12(13,10-6-2)11-7-3/h9H,5-8H2,1-4H3. The van der Waals surface area contributed by atoms with Gasteiger partial charge in [-0.15, -0.1) is 0 Å². The fourth-order valence-corrected chi connectivity index (χ4v) is 7.30. The Morgan fingerprint density at radius 1 is 1.21 bits per heavy atom. The molecule has 1 unspecified atom stereocenters. The van der Waals surface area contributed by atoms with E-state index in [1.165, 1.54) is 12.8 Å². The van der Waals surface area contributed by atoms with Gasteiger partial charge in [0, 0.05) is 5.25 Å². The maximum Gasteiger partial charge on any atom is 0.247 e. The van der Waals surface area contributed by atoms with Gasteiger partial charge in [0.15, 0.2) is 0 Å². The number of hydrogen-bond donors (Lipinski definition) is 0. The topological polar surface area (TPSA) is 18.5 Å². The Hall–Kier alpha value is 0.920. The molecule has 0 aromatic rings. The predicted molar refractivity (Wildman–Crippen MR) is 69.5 cm³/mol. The van der Waals surface area contributed by atoms with Crippen LogP contribution in [0.4, 0.5) is 0 Å². The van der Waals surface area contributed by atoms with Crippen LogP contribution in [-0.4, -0.2) is 18.5 Å². The summed E-state index contributed by atoms with van der Waals surface area (Å²) >= 11 is 7.12. The summed E-state index contributed by atoms with van der Waals surface area (Å²) in [4.78, 5) is 0. The Morgan fingerprint density at radius 2 is 1.71 bits per heavy atom. The molecule has 0 aromatic heterocycles. The highest BCUT2D eigenvalue weighted by Crippen LogP contribution is 2.62. The molecule has 0 aliphatic carbocycles.